The minimum Gasteiger partial charge on any atom is -0.300 e. The lowest BCUT2D eigenvalue weighted by Gasteiger charge is -2.20. The Morgan fingerprint density at radius 1 is 1.29 bits per heavy atom. The molecule has 2 atom stereocenters. The van der Waals surface area contributed by atoms with Crippen LogP contribution in [0.1, 0.15) is 5.56 Å². The number of alkyl halides is 3. The summed E-state index contributed by atoms with van der Waals surface area (Å²) in [4.78, 5) is 13.9. The molecular formula is C15H15F3N4OS. The number of nitrogens with zero attached hydrogens (tertiary/aromatic N) is 3. The van der Waals surface area contributed by atoms with E-state index in [1.165, 1.54) is 5.51 Å². The van der Waals surface area contributed by atoms with Gasteiger partial charge in [-0.2, -0.15) is 13.2 Å². The minimum atomic E-state index is -4.42. The van der Waals surface area contributed by atoms with Gasteiger partial charge in [-0.25, -0.2) is 0 Å². The van der Waals surface area contributed by atoms with Gasteiger partial charge in [0.25, 0.3) is 0 Å². The summed E-state index contributed by atoms with van der Waals surface area (Å²) < 4.78 is 40.0. The number of amides is 1. The van der Waals surface area contributed by atoms with E-state index in [9.17, 15) is 18.0 Å². The molecule has 1 aromatic carbocycles. The van der Waals surface area contributed by atoms with Crippen LogP contribution in [0.3, 0.4) is 0 Å². The summed E-state index contributed by atoms with van der Waals surface area (Å²) in [6, 6.07) is 9.25. The molecule has 128 valence electrons. The van der Waals surface area contributed by atoms with Gasteiger partial charge in [0, 0.05) is 19.6 Å². The SMILES string of the molecule is O=C(Nc1nncs1)C1CN(Cc2ccccc2)CC1C(F)(F)F. The van der Waals surface area contributed by atoms with E-state index in [1.54, 1.807) is 4.90 Å². The van der Waals surface area contributed by atoms with Crippen molar-refractivity contribution in [3.8, 4) is 0 Å². The Labute approximate surface area is 140 Å². The van der Waals surface area contributed by atoms with E-state index in [2.05, 4.69) is 15.5 Å². The zero-order chi connectivity index (χ0) is 17.2. The van der Waals surface area contributed by atoms with E-state index in [1.807, 2.05) is 30.3 Å². The molecule has 2 heterocycles. The number of rotatable bonds is 4. The number of hydrogen-bond acceptors (Lipinski definition) is 5. The summed E-state index contributed by atoms with van der Waals surface area (Å²) in [5.41, 5.74) is 2.33. The number of hydrogen-bond donors (Lipinski definition) is 1. The van der Waals surface area contributed by atoms with E-state index in [4.69, 9.17) is 0 Å². The van der Waals surface area contributed by atoms with Crippen LogP contribution >= 0.6 is 11.3 Å². The Morgan fingerprint density at radius 2 is 2.04 bits per heavy atom. The average molecular weight is 356 g/mol. The minimum absolute atomic E-state index is 0.0592. The van der Waals surface area contributed by atoms with Gasteiger partial charge in [-0.15, -0.1) is 10.2 Å². The molecule has 1 aromatic heterocycles. The van der Waals surface area contributed by atoms with Crippen molar-refractivity contribution in [1.82, 2.24) is 15.1 Å². The highest BCUT2D eigenvalue weighted by atomic mass is 32.1. The van der Waals surface area contributed by atoms with Crippen molar-refractivity contribution in [1.29, 1.82) is 0 Å². The summed E-state index contributed by atoms with van der Waals surface area (Å²) in [7, 11) is 0. The molecule has 0 aliphatic carbocycles. The number of likely N-dealkylation sites (tertiary alicyclic amines) is 1. The fourth-order valence-electron chi connectivity index (χ4n) is 2.88. The molecule has 1 aliphatic rings. The van der Waals surface area contributed by atoms with Crippen LogP contribution in [0.4, 0.5) is 18.3 Å². The van der Waals surface area contributed by atoms with Crippen LogP contribution in [0.25, 0.3) is 0 Å². The molecule has 1 amide bonds. The first-order chi connectivity index (χ1) is 11.4. The van der Waals surface area contributed by atoms with Crippen molar-refractivity contribution in [2.24, 2.45) is 11.8 Å². The standard InChI is InChI=1S/C15H15F3N4OS/c16-15(17,18)12-8-22(6-10-4-2-1-3-5-10)7-11(12)13(23)20-14-21-19-9-24-14/h1-5,9,11-12H,6-8H2,(H,20,21,23). The van der Waals surface area contributed by atoms with Crippen LogP contribution < -0.4 is 5.32 Å². The largest absolute Gasteiger partial charge is 0.393 e. The van der Waals surface area contributed by atoms with Crippen molar-refractivity contribution in [3.05, 3.63) is 41.4 Å². The van der Waals surface area contributed by atoms with Gasteiger partial charge in [-0.05, 0) is 5.56 Å². The Morgan fingerprint density at radius 3 is 2.67 bits per heavy atom. The van der Waals surface area contributed by atoms with Crippen LogP contribution in [-0.4, -0.2) is 40.3 Å². The predicted octanol–water partition coefficient (Wildman–Crippen LogP) is 2.79. The highest BCUT2D eigenvalue weighted by Gasteiger charge is 2.52. The number of aromatic nitrogens is 2. The smallest absolute Gasteiger partial charge is 0.300 e. The molecule has 1 aliphatic heterocycles. The van der Waals surface area contributed by atoms with E-state index in [0.29, 0.717) is 6.54 Å². The monoisotopic (exact) mass is 356 g/mol. The Kier molecular flexibility index (Phi) is 4.81. The first-order valence-corrected chi connectivity index (χ1v) is 8.21. The molecule has 2 unspecified atom stereocenters. The molecule has 1 fully saturated rings. The molecule has 1 N–H and O–H groups in total. The fraction of sp³-hybridized carbons (Fsp3) is 0.400. The molecule has 3 rings (SSSR count). The summed E-state index contributed by atoms with van der Waals surface area (Å²) in [5, 5.41) is 9.85. The Bertz CT molecular complexity index is 678. The van der Waals surface area contributed by atoms with Gasteiger partial charge in [0.05, 0.1) is 11.8 Å². The third-order valence-corrected chi connectivity index (χ3v) is 4.60. The van der Waals surface area contributed by atoms with Gasteiger partial charge >= 0.3 is 6.18 Å². The van der Waals surface area contributed by atoms with Crippen molar-refractivity contribution in [3.63, 3.8) is 0 Å². The van der Waals surface area contributed by atoms with E-state index < -0.39 is 23.9 Å². The molecule has 0 saturated carbocycles. The molecule has 2 aromatic rings. The van der Waals surface area contributed by atoms with Gasteiger partial charge in [-0.3, -0.25) is 9.69 Å². The van der Waals surface area contributed by atoms with Crippen LogP contribution in [0.15, 0.2) is 35.8 Å². The van der Waals surface area contributed by atoms with Crippen molar-refractivity contribution >= 4 is 22.4 Å². The number of benzene rings is 1. The molecule has 0 spiro atoms. The number of anilines is 1. The number of carbonyl (C=O) groups is 1. The third kappa shape index (κ3) is 3.90. The summed E-state index contributed by atoms with van der Waals surface area (Å²) in [5.74, 6) is -3.50. The zero-order valence-corrected chi connectivity index (χ0v) is 13.3. The second-order valence-corrected chi connectivity index (χ2v) is 6.50. The topological polar surface area (TPSA) is 58.1 Å². The second-order valence-electron chi connectivity index (χ2n) is 5.67. The van der Waals surface area contributed by atoms with Crippen LogP contribution in [0.5, 0.6) is 0 Å². The van der Waals surface area contributed by atoms with Crippen molar-refractivity contribution in [2.45, 2.75) is 12.7 Å². The number of halogens is 3. The first kappa shape index (κ1) is 16.8. The van der Waals surface area contributed by atoms with Gasteiger partial charge in [-0.1, -0.05) is 41.7 Å². The van der Waals surface area contributed by atoms with Gasteiger partial charge in [0.15, 0.2) is 0 Å². The van der Waals surface area contributed by atoms with Gasteiger partial charge in [0.1, 0.15) is 5.51 Å². The first-order valence-electron chi connectivity index (χ1n) is 7.33. The van der Waals surface area contributed by atoms with Crippen LogP contribution in [0, 0.1) is 11.8 Å². The van der Waals surface area contributed by atoms with Crippen LogP contribution in [0.2, 0.25) is 0 Å². The van der Waals surface area contributed by atoms with Gasteiger partial charge in [0.2, 0.25) is 11.0 Å². The normalized spacial score (nSPS) is 21.8. The predicted molar refractivity (Wildman–Crippen MR) is 83.3 cm³/mol. The van der Waals surface area contributed by atoms with E-state index >= 15 is 0 Å². The molecule has 0 radical (unpaired) electrons. The molecule has 5 nitrogen and oxygen atoms in total. The lowest BCUT2D eigenvalue weighted by molar-refractivity contribution is -0.182. The van der Waals surface area contributed by atoms with Gasteiger partial charge < -0.3 is 5.32 Å². The van der Waals surface area contributed by atoms with Crippen molar-refractivity contribution in [2.75, 3.05) is 18.4 Å². The molecule has 1 saturated heterocycles. The van der Waals surface area contributed by atoms with Crippen LogP contribution in [-0.2, 0) is 11.3 Å². The molecule has 24 heavy (non-hydrogen) atoms. The second kappa shape index (κ2) is 6.86. The lowest BCUT2D eigenvalue weighted by Crippen LogP contribution is -2.36. The maximum Gasteiger partial charge on any atom is 0.393 e. The quantitative estimate of drug-likeness (QED) is 0.915. The van der Waals surface area contributed by atoms with E-state index in [-0.39, 0.29) is 18.2 Å². The zero-order valence-electron chi connectivity index (χ0n) is 12.5. The number of nitrogens with one attached hydrogen (secondary N) is 1. The van der Waals surface area contributed by atoms with Crippen molar-refractivity contribution < 1.29 is 18.0 Å². The molecule has 9 heteroatoms. The Hall–Kier alpha value is -2.00. The third-order valence-electron chi connectivity index (χ3n) is 3.99. The maximum atomic E-state index is 13.3. The lowest BCUT2D eigenvalue weighted by atomic mass is 9.95. The van der Waals surface area contributed by atoms with E-state index in [0.717, 1.165) is 16.9 Å². The highest BCUT2D eigenvalue weighted by Crippen LogP contribution is 2.38. The molecule has 0 bridgehead atoms. The summed E-state index contributed by atoms with van der Waals surface area (Å²) >= 11 is 1.07. The maximum absolute atomic E-state index is 13.3. The fourth-order valence-corrected chi connectivity index (χ4v) is 3.33. The average Bonchev–Trinajstić information content (AvgIpc) is 3.17. The highest BCUT2D eigenvalue weighted by molar-refractivity contribution is 7.13. The summed E-state index contributed by atoms with van der Waals surface area (Å²) in [6.45, 7) is 0.256. The summed E-state index contributed by atoms with van der Waals surface area (Å²) in [6.07, 6.45) is -4.42. The Balaban J connectivity index is 1.72. The molecular weight excluding hydrogens is 341 g/mol. The number of carbonyl (C=O) groups excluding carboxylic acids is 1.